The number of rotatable bonds is 4. The lowest BCUT2D eigenvalue weighted by Crippen LogP contribution is -2.38. The van der Waals surface area contributed by atoms with Crippen molar-refractivity contribution in [2.75, 3.05) is 6.26 Å². The molecule has 1 N–H and O–H groups in total. The topological polar surface area (TPSA) is 29.1 Å². The minimum atomic E-state index is 0.0274. The summed E-state index contributed by atoms with van der Waals surface area (Å²) in [5.41, 5.74) is 1.70. The number of nitrogens with one attached hydrogen (secondary N) is 1. The van der Waals surface area contributed by atoms with Gasteiger partial charge < -0.3 is 5.32 Å². The molecule has 1 aliphatic carbocycles. The first-order valence-corrected chi connectivity index (χ1v) is 8.53. The maximum atomic E-state index is 12.2. The lowest BCUT2D eigenvalue weighted by atomic mass is 9.94. The van der Waals surface area contributed by atoms with Gasteiger partial charge in [0.1, 0.15) is 0 Å². The third-order valence-electron chi connectivity index (χ3n) is 3.69. The van der Waals surface area contributed by atoms with Crippen molar-refractivity contribution in [3.63, 3.8) is 0 Å². The molecule has 0 atom stereocenters. The van der Waals surface area contributed by atoms with Crippen LogP contribution in [0.1, 0.15) is 41.6 Å². The van der Waals surface area contributed by atoms with Gasteiger partial charge in [0.05, 0.1) is 0 Å². The van der Waals surface area contributed by atoms with Crippen LogP contribution in [0.4, 0.5) is 0 Å². The van der Waals surface area contributed by atoms with Gasteiger partial charge in [-0.1, -0.05) is 12.1 Å². The fourth-order valence-corrected chi connectivity index (χ4v) is 3.42. The van der Waals surface area contributed by atoms with Crippen LogP contribution < -0.4 is 5.32 Å². The first-order valence-electron chi connectivity index (χ1n) is 6.71. The molecule has 4 heteroatoms. The van der Waals surface area contributed by atoms with Crippen molar-refractivity contribution in [1.29, 1.82) is 0 Å². The van der Waals surface area contributed by atoms with Crippen LogP contribution in [-0.4, -0.2) is 23.5 Å². The number of alkyl halides is 1. The van der Waals surface area contributed by atoms with E-state index in [1.807, 2.05) is 36.0 Å². The second kappa shape index (κ2) is 7.20. The summed E-state index contributed by atoms with van der Waals surface area (Å²) in [7, 11) is 0. The largest absolute Gasteiger partial charge is 0.349 e. The molecule has 0 bridgehead atoms. The Morgan fingerprint density at radius 3 is 2.74 bits per heavy atom. The van der Waals surface area contributed by atoms with E-state index in [1.165, 1.54) is 12.8 Å². The van der Waals surface area contributed by atoms with Crippen LogP contribution in [0.15, 0.2) is 24.3 Å². The number of amides is 1. The van der Waals surface area contributed by atoms with Crippen molar-refractivity contribution in [2.24, 2.45) is 0 Å². The summed E-state index contributed by atoms with van der Waals surface area (Å²) in [6, 6.07) is 7.87. The highest BCUT2D eigenvalue weighted by molar-refractivity contribution is 7.99. The van der Waals surface area contributed by atoms with E-state index in [-0.39, 0.29) is 5.91 Å². The van der Waals surface area contributed by atoms with Crippen molar-refractivity contribution >= 4 is 29.3 Å². The third-order valence-corrected chi connectivity index (χ3v) is 5.13. The highest BCUT2D eigenvalue weighted by Gasteiger charge is 2.22. The van der Waals surface area contributed by atoms with Crippen LogP contribution in [-0.2, 0) is 5.88 Å². The fraction of sp³-hybridized carbons (Fsp3) is 0.533. The van der Waals surface area contributed by atoms with Crippen LogP contribution in [0.2, 0.25) is 0 Å². The van der Waals surface area contributed by atoms with E-state index in [1.54, 1.807) is 0 Å². The average Bonchev–Trinajstić information content (AvgIpc) is 2.48. The van der Waals surface area contributed by atoms with E-state index >= 15 is 0 Å². The lowest BCUT2D eigenvalue weighted by Gasteiger charge is -2.28. The molecule has 1 aliphatic rings. The normalized spacial score (nSPS) is 23.1. The lowest BCUT2D eigenvalue weighted by molar-refractivity contribution is 0.0928. The van der Waals surface area contributed by atoms with E-state index in [9.17, 15) is 4.79 Å². The molecular weight excluding hydrogens is 278 g/mol. The smallest absolute Gasteiger partial charge is 0.251 e. The SMILES string of the molecule is CSC1CCC(NC(=O)c2cccc(CCl)c2)CC1. The van der Waals surface area contributed by atoms with E-state index in [0.29, 0.717) is 17.5 Å². The highest BCUT2D eigenvalue weighted by atomic mass is 35.5. The number of hydrogen-bond acceptors (Lipinski definition) is 2. The van der Waals surface area contributed by atoms with Crippen molar-refractivity contribution in [3.8, 4) is 0 Å². The summed E-state index contributed by atoms with van der Waals surface area (Å²) in [6.07, 6.45) is 6.75. The number of carbonyl (C=O) groups is 1. The molecule has 0 aliphatic heterocycles. The Hall–Kier alpha value is -0.670. The summed E-state index contributed by atoms with van der Waals surface area (Å²) in [5, 5.41) is 3.91. The van der Waals surface area contributed by atoms with Crippen molar-refractivity contribution in [1.82, 2.24) is 5.32 Å². The number of benzene rings is 1. The maximum Gasteiger partial charge on any atom is 0.251 e. The van der Waals surface area contributed by atoms with Gasteiger partial charge in [-0.3, -0.25) is 4.79 Å². The summed E-state index contributed by atoms with van der Waals surface area (Å²) in [5.74, 6) is 0.472. The van der Waals surface area contributed by atoms with Gasteiger partial charge in [0.15, 0.2) is 0 Å². The third kappa shape index (κ3) is 4.15. The summed E-state index contributed by atoms with van der Waals surface area (Å²) >= 11 is 7.73. The Kier molecular flexibility index (Phi) is 5.59. The van der Waals surface area contributed by atoms with Crippen LogP contribution in [0.5, 0.6) is 0 Å². The van der Waals surface area contributed by atoms with Crippen molar-refractivity contribution in [3.05, 3.63) is 35.4 Å². The quantitative estimate of drug-likeness (QED) is 0.856. The predicted octanol–water partition coefficient (Wildman–Crippen LogP) is 3.83. The van der Waals surface area contributed by atoms with Gasteiger partial charge >= 0.3 is 0 Å². The molecule has 19 heavy (non-hydrogen) atoms. The predicted molar refractivity (Wildman–Crippen MR) is 83.0 cm³/mol. The Balaban J connectivity index is 1.90. The molecule has 2 rings (SSSR count). The molecule has 0 saturated heterocycles. The highest BCUT2D eigenvalue weighted by Crippen LogP contribution is 2.27. The molecule has 1 aromatic carbocycles. The van der Waals surface area contributed by atoms with Crippen LogP contribution in [0.25, 0.3) is 0 Å². The number of halogens is 1. The van der Waals surface area contributed by atoms with Gasteiger partial charge in [0.25, 0.3) is 5.91 Å². The second-order valence-corrected chi connectivity index (χ2v) is 6.42. The van der Waals surface area contributed by atoms with Crippen LogP contribution in [0, 0.1) is 0 Å². The molecule has 1 saturated carbocycles. The monoisotopic (exact) mass is 297 g/mol. The van der Waals surface area contributed by atoms with Gasteiger partial charge in [-0.25, -0.2) is 0 Å². The molecule has 104 valence electrons. The van der Waals surface area contributed by atoms with Gasteiger partial charge in [0, 0.05) is 22.7 Å². The Labute approximate surface area is 124 Å². The van der Waals surface area contributed by atoms with Crippen molar-refractivity contribution in [2.45, 2.75) is 42.9 Å². The number of hydrogen-bond donors (Lipinski definition) is 1. The molecule has 1 aromatic rings. The average molecular weight is 298 g/mol. The standard InChI is InChI=1S/C15H20ClNOS/c1-19-14-7-5-13(6-8-14)17-15(18)12-4-2-3-11(9-12)10-16/h2-4,9,13-14H,5-8,10H2,1H3,(H,17,18). The second-order valence-electron chi connectivity index (χ2n) is 5.02. The first kappa shape index (κ1) is 14.7. The summed E-state index contributed by atoms with van der Waals surface area (Å²) < 4.78 is 0. The van der Waals surface area contributed by atoms with Crippen LogP contribution in [0.3, 0.4) is 0 Å². The van der Waals surface area contributed by atoms with Gasteiger partial charge in [-0.15, -0.1) is 11.6 Å². The van der Waals surface area contributed by atoms with E-state index in [0.717, 1.165) is 23.7 Å². The Bertz CT molecular complexity index is 430. The van der Waals surface area contributed by atoms with Gasteiger partial charge in [-0.05, 0) is 49.6 Å². The first-order chi connectivity index (χ1) is 9.22. The van der Waals surface area contributed by atoms with E-state index < -0.39 is 0 Å². The molecule has 0 heterocycles. The van der Waals surface area contributed by atoms with Gasteiger partial charge in [-0.2, -0.15) is 11.8 Å². The Morgan fingerprint density at radius 1 is 1.37 bits per heavy atom. The maximum absolute atomic E-state index is 12.2. The number of carbonyl (C=O) groups excluding carboxylic acids is 1. The molecular formula is C15H20ClNOS. The minimum absolute atomic E-state index is 0.0274. The van der Waals surface area contributed by atoms with Crippen molar-refractivity contribution < 1.29 is 4.79 Å². The van der Waals surface area contributed by atoms with E-state index in [2.05, 4.69) is 11.6 Å². The van der Waals surface area contributed by atoms with E-state index in [4.69, 9.17) is 11.6 Å². The molecule has 0 spiro atoms. The molecule has 0 unspecified atom stereocenters. The zero-order chi connectivity index (χ0) is 13.7. The van der Waals surface area contributed by atoms with Crippen LogP contribution >= 0.6 is 23.4 Å². The fourth-order valence-electron chi connectivity index (χ4n) is 2.51. The zero-order valence-electron chi connectivity index (χ0n) is 11.2. The minimum Gasteiger partial charge on any atom is -0.349 e. The molecule has 0 radical (unpaired) electrons. The zero-order valence-corrected chi connectivity index (χ0v) is 12.8. The molecule has 2 nitrogen and oxygen atoms in total. The summed E-state index contributed by atoms with van der Waals surface area (Å²) in [6.45, 7) is 0. The number of thioether (sulfide) groups is 1. The summed E-state index contributed by atoms with van der Waals surface area (Å²) in [4.78, 5) is 12.2. The molecule has 1 amide bonds. The molecule has 0 aromatic heterocycles. The molecule has 1 fully saturated rings. The Morgan fingerprint density at radius 2 is 2.11 bits per heavy atom. The van der Waals surface area contributed by atoms with Gasteiger partial charge in [0.2, 0.25) is 0 Å².